The molecule has 0 aliphatic rings. The van der Waals surface area contributed by atoms with E-state index in [2.05, 4.69) is 20.9 Å². The van der Waals surface area contributed by atoms with Gasteiger partial charge in [0.15, 0.2) is 6.10 Å². The molecule has 11 heteroatoms. The van der Waals surface area contributed by atoms with Gasteiger partial charge in [0.25, 0.3) is 0 Å². The summed E-state index contributed by atoms with van der Waals surface area (Å²) in [4.78, 5) is 36.2. The van der Waals surface area contributed by atoms with Crippen LogP contribution < -0.4 is 5.32 Å². The van der Waals surface area contributed by atoms with Gasteiger partial charge < -0.3 is 19.6 Å². The van der Waals surface area contributed by atoms with Gasteiger partial charge in [-0.2, -0.15) is 0 Å². The maximum absolute atomic E-state index is 11.5. The Hall–Kier alpha value is -2.01. The van der Waals surface area contributed by atoms with Gasteiger partial charge in [0.2, 0.25) is 5.91 Å². The third kappa shape index (κ3) is 5.47. The summed E-state index contributed by atoms with van der Waals surface area (Å²) in [5.74, 6) is -0.943. The van der Waals surface area contributed by atoms with Crippen LogP contribution in [0.5, 0.6) is 0 Å². The number of hydrogen-bond acceptors (Lipinski definition) is 7. The van der Waals surface area contributed by atoms with E-state index in [1.54, 1.807) is 0 Å². The van der Waals surface area contributed by atoms with Gasteiger partial charge >= 0.3 is 12.0 Å². The van der Waals surface area contributed by atoms with Crippen LogP contribution in [0.1, 0.15) is 0 Å². The number of alkyl carbamates (subject to hydrolysis) is 1. The number of carbonyl (C=O) groups is 2. The van der Waals surface area contributed by atoms with E-state index in [4.69, 9.17) is 9.47 Å². The normalized spacial score (nSPS) is 11.7. The van der Waals surface area contributed by atoms with E-state index in [9.17, 15) is 19.7 Å². The average molecular weight is 365 g/mol. The van der Waals surface area contributed by atoms with Gasteiger partial charge in [-0.1, -0.05) is 20.9 Å². The Morgan fingerprint density at radius 2 is 2.33 bits per heavy atom. The van der Waals surface area contributed by atoms with Crippen LogP contribution in [0.4, 0.5) is 10.7 Å². The molecule has 0 aromatic carbocycles. The quantitative estimate of drug-likeness (QED) is 0.422. The first-order valence-corrected chi connectivity index (χ1v) is 6.81. The Labute approximate surface area is 127 Å². The number of nitrogens with one attached hydrogen (secondary N) is 1. The number of methoxy groups -OCH3 is 1. The van der Waals surface area contributed by atoms with Gasteiger partial charge in [0, 0.05) is 7.11 Å². The van der Waals surface area contributed by atoms with Crippen LogP contribution in [0.25, 0.3) is 0 Å². The van der Waals surface area contributed by atoms with Crippen LogP contribution in [0.2, 0.25) is 0 Å². The van der Waals surface area contributed by atoms with Crippen LogP contribution in [0.15, 0.2) is 12.4 Å². The number of hydrogen-bond donors (Lipinski definition) is 1. The van der Waals surface area contributed by atoms with Gasteiger partial charge in [-0.3, -0.25) is 10.1 Å². The number of carbonyl (C=O) groups excluding carboxylic acids is 2. The maximum atomic E-state index is 11.5. The van der Waals surface area contributed by atoms with E-state index in [1.165, 1.54) is 24.1 Å². The van der Waals surface area contributed by atoms with Crippen LogP contribution in [-0.2, 0) is 20.8 Å². The predicted octanol–water partition coefficient (Wildman–Crippen LogP) is 0.454. The summed E-state index contributed by atoms with van der Waals surface area (Å²) in [6.07, 6.45) is 0.873. The highest BCUT2D eigenvalue weighted by Gasteiger charge is 2.22. The van der Waals surface area contributed by atoms with Crippen LogP contribution in [0, 0.1) is 10.1 Å². The summed E-state index contributed by atoms with van der Waals surface area (Å²) in [7, 11) is 1.39. The van der Waals surface area contributed by atoms with Crippen molar-refractivity contribution < 1.29 is 24.0 Å². The first-order chi connectivity index (χ1) is 9.97. The van der Waals surface area contributed by atoms with E-state index in [-0.39, 0.29) is 24.4 Å². The van der Waals surface area contributed by atoms with E-state index in [0.29, 0.717) is 0 Å². The summed E-state index contributed by atoms with van der Waals surface area (Å²) in [5.41, 5.74) is 0. The lowest BCUT2D eigenvalue weighted by Gasteiger charge is -2.16. The molecule has 116 valence electrons. The highest BCUT2D eigenvalue weighted by Crippen LogP contribution is 2.10. The largest absolute Gasteiger partial charge is 0.440 e. The maximum Gasteiger partial charge on any atom is 0.434 e. The topological polar surface area (TPSA) is 126 Å². The fourth-order valence-electron chi connectivity index (χ4n) is 1.47. The molecule has 1 N–H and O–H groups in total. The second kappa shape index (κ2) is 8.32. The SMILES string of the molecule is COC[C@H](Cn1ccnc1[N+](=O)[O-])OC(=O)NC(=O)CBr. The monoisotopic (exact) mass is 364 g/mol. The minimum atomic E-state index is -0.954. The molecule has 1 heterocycles. The van der Waals surface area contributed by atoms with Gasteiger partial charge in [0.05, 0.1) is 11.9 Å². The average Bonchev–Trinajstić information content (AvgIpc) is 2.86. The van der Waals surface area contributed by atoms with E-state index >= 15 is 0 Å². The van der Waals surface area contributed by atoms with Gasteiger partial charge in [-0.15, -0.1) is 0 Å². The van der Waals surface area contributed by atoms with Crippen molar-refractivity contribution in [2.45, 2.75) is 12.6 Å². The number of halogens is 1. The molecule has 1 aromatic heterocycles. The molecule has 0 unspecified atom stereocenters. The molecule has 1 atom stereocenters. The molecular weight excluding hydrogens is 352 g/mol. The first-order valence-electron chi connectivity index (χ1n) is 5.68. The standard InChI is InChI=1S/C10H13BrN4O6/c1-20-6-7(21-10(17)13-8(16)4-11)5-14-3-2-12-9(14)15(18)19/h2-3,7H,4-6H2,1H3,(H,13,16,17)/t7-/m0/s1. The first kappa shape index (κ1) is 17.0. The Bertz CT molecular complexity index is 519. The molecule has 0 saturated carbocycles. The molecule has 1 rings (SSSR count). The Morgan fingerprint density at radius 3 is 2.90 bits per heavy atom. The van der Waals surface area contributed by atoms with Gasteiger partial charge in [-0.05, 0) is 4.92 Å². The van der Waals surface area contributed by atoms with Gasteiger partial charge in [-0.25, -0.2) is 9.36 Å². The number of imidazole rings is 1. The number of alkyl halides is 1. The smallest absolute Gasteiger partial charge is 0.434 e. The minimum absolute atomic E-state index is 0.00522. The number of rotatable bonds is 7. The molecular formula is C10H13BrN4O6. The van der Waals surface area contributed by atoms with E-state index < -0.39 is 23.0 Å². The lowest BCUT2D eigenvalue weighted by molar-refractivity contribution is -0.397. The summed E-state index contributed by atoms with van der Waals surface area (Å²) < 4.78 is 11.1. The van der Waals surface area contributed by atoms with Crippen molar-refractivity contribution in [3.05, 3.63) is 22.5 Å². The molecule has 0 bridgehead atoms. The highest BCUT2D eigenvalue weighted by atomic mass is 79.9. The Morgan fingerprint density at radius 1 is 1.62 bits per heavy atom. The number of ether oxygens (including phenoxy) is 2. The summed E-state index contributed by atoms with van der Waals surface area (Å²) >= 11 is 2.88. The molecule has 0 saturated heterocycles. The number of nitro groups is 1. The molecule has 0 radical (unpaired) electrons. The Balaban J connectivity index is 2.69. The summed E-state index contributed by atoms with van der Waals surface area (Å²) in [6, 6.07) is 0. The lowest BCUT2D eigenvalue weighted by Crippen LogP contribution is -2.37. The van der Waals surface area contributed by atoms with E-state index in [0.717, 1.165) is 0 Å². The molecule has 0 aliphatic heterocycles. The molecule has 2 amide bonds. The molecule has 0 aliphatic carbocycles. The third-order valence-electron chi connectivity index (χ3n) is 2.25. The van der Waals surface area contributed by atoms with E-state index in [1.807, 2.05) is 5.32 Å². The van der Waals surface area contributed by atoms with Crippen molar-refractivity contribution in [2.75, 3.05) is 19.0 Å². The molecule has 1 aromatic rings. The van der Waals surface area contributed by atoms with Crippen LogP contribution in [0.3, 0.4) is 0 Å². The van der Waals surface area contributed by atoms with Crippen LogP contribution in [-0.4, -0.2) is 51.6 Å². The zero-order valence-corrected chi connectivity index (χ0v) is 12.6. The summed E-state index contributed by atoms with van der Waals surface area (Å²) in [5, 5.41) is 12.7. The van der Waals surface area contributed by atoms with Crippen molar-refractivity contribution in [1.82, 2.24) is 14.9 Å². The second-order valence-corrected chi connectivity index (χ2v) is 4.36. The lowest BCUT2D eigenvalue weighted by atomic mass is 10.3. The van der Waals surface area contributed by atoms with Crippen molar-refractivity contribution in [1.29, 1.82) is 0 Å². The second-order valence-electron chi connectivity index (χ2n) is 3.80. The molecule has 0 fully saturated rings. The molecule has 10 nitrogen and oxygen atoms in total. The molecule has 21 heavy (non-hydrogen) atoms. The van der Waals surface area contributed by atoms with Crippen molar-refractivity contribution in [3.8, 4) is 0 Å². The van der Waals surface area contributed by atoms with Crippen molar-refractivity contribution in [2.24, 2.45) is 0 Å². The van der Waals surface area contributed by atoms with Crippen molar-refractivity contribution >= 4 is 33.9 Å². The fraction of sp³-hybridized carbons (Fsp3) is 0.500. The highest BCUT2D eigenvalue weighted by molar-refractivity contribution is 9.09. The van der Waals surface area contributed by atoms with Gasteiger partial charge in [0.1, 0.15) is 18.9 Å². The van der Waals surface area contributed by atoms with Crippen molar-refractivity contribution in [3.63, 3.8) is 0 Å². The predicted molar refractivity (Wildman–Crippen MR) is 73.0 cm³/mol. The number of amides is 2. The summed E-state index contributed by atoms with van der Waals surface area (Å²) in [6.45, 7) is -0.0225. The third-order valence-corrected chi connectivity index (χ3v) is 2.76. The fourth-order valence-corrected chi connectivity index (χ4v) is 1.61. The minimum Gasteiger partial charge on any atom is -0.440 e. The zero-order valence-electron chi connectivity index (χ0n) is 11.0. The molecule has 0 spiro atoms. The zero-order chi connectivity index (χ0) is 15.8. The number of aromatic nitrogens is 2. The van der Waals surface area contributed by atoms with Crippen LogP contribution >= 0.6 is 15.9 Å². The Kier molecular flexibility index (Phi) is 6.75. The number of imide groups is 1. The number of nitrogens with zero attached hydrogens (tertiary/aromatic N) is 3.